The van der Waals surface area contributed by atoms with Gasteiger partial charge in [0.25, 0.3) is 5.91 Å². The van der Waals surface area contributed by atoms with E-state index in [2.05, 4.69) is 10.6 Å². The summed E-state index contributed by atoms with van der Waals surface area (Å²) in [5.74, 6) is 1.17. The molecule has 3 aliphatic heterocycles. The highest BCUT2D eigenvalue weighted by Crippen LogP contribution is 2.46. The van der Waals surface area contributed by atoms with Crippen molar-refractivity contribution < 1.29 is 28.5 Å². The summed E-state index contributed by atoms with van der Waals surface area (Å²) >= 11 is 6.26. The minimum atomic E-state index is -0.608. The molecule has 8 nitrogen and oxygen atoms in total. The first-order chi connectivity index (χ1) is 18.3. The first-order valence-corrected chi connectivity index (χ1v) is 13.2. The third kappa shape index (κ3) is 4.51. The van der Waals surface area contributed by atoms with E-state index < -0.39 is 11.4 Å². The molecule has 3 aliphatic rings. The van der Waals surface area contributed by atoms with E-state index in [0.717, 1.165) is 17.1 Å². The number of benzene rings is 2. The van der Waals surface area contributed by atoms with E-state index in [-0.39, 0.29) is 12.0 Å². The van der Waals surface area contributed by atoms with Gasteiger partial charge in [-0.25, -0.2) is 0 Å². The fourth-order valence-electron chi connectivity index (χ4n) is 5.55. The average Bonchev–Trinajstić information content (AvgIpc) is 3.54. The molecule has 0 N–H and O–H groups in total. The van der Waals surface area contributed by atoms with Crippen LogP contribution in [-0.2, 0) is 15.1 Å². The number of rotatable bonds is 5. The minimum absolute atomic E-state index is 0.0476. The van der Waals surface area contributed by atoms with Crippen molar-refractivity contribution in [2.45, 2.75) is 44.2 Å². The fourth-order valence-corrected chi connectivity index (χ4v) is 5.72. The molecule has 1 spiro atoms. The lowest BCUT2D eigenvalue weighted by Gasteiger charge is -2.45. The number of halogens is 1. The van der Waals surface area contributed by atoms with E-state index >= 15 is 0 Å². The van der Waals surface area contributed by atoms with Gasteiger partial charge in [-0.2, -0.15) is 0 Å². The predicted octanol–water partition coefficient (Wildman–Crippen LogP) is 5.19. The summed E-state index contributed by atoms with van der Waals surface area (Å²) in [7, 11) is 1.57. The van der Waals surface area contributed by atoms with E-state index in [1.807, 2.05) is 49.2 Å². The van der Waals surface area contributed by atoms with E-state index in [1.165, 1.54) is 0 Å². The second-order valence-corrected chi connectivity index (χ2v) is 10.8. The molecule has 200 valence electrons. The number of carbonyl (C=O) groups excluding carboxylic acids is 1. The Bertz CT molecular complexity index is 1360. The molecule has 1 atom stereocenters. The van der Waals surface area contributed by atoms with Gasteiger partial charge in [0.1, 0.15) is 18.5 Å². The monoisotopic (exact) mass is 538 g/mol. The Morgan fingerprint density at radius 1 is 1.11 bits per heavy atom. The van der Waals surface area contributed by atoms with Crippen molar-refractivity contribution in [2.24, 2.45) is 0 Å². The van der Waals surface area contributed by atoms with Crippen LogP contribution in [0.4, 0.5) is 0 Å². The average molecular weight is 539 g/mol. The molecule has 1 amide bonds. The molecule has 2 aromatic carbocycles. The van der Waals surface area contributed by atoms with Gasteiger partial charge in [-0.15, -0.1) is 0 Å². The number of carbonyl (C=O) groups is 1. The van der Waals surface area contributed by atoms with Crippen LogP contribution in [0.2, 0.25) is 5.02 Å². The van der Waals surface area contributed by atoms with Gasteiger partial charge in [0.05, 0.1) is 25.1 Å². The summed E-state index contributed by atoms with van der Waals surface area (Å²) in [5, 5.41) is 0.636. The molecule has 0 saturated carbocycles. The van der Waals surface area contributed by atoms with Gasteiger partial charge in [0.15, 0.2) is 22.9 Å². The maximum absolute atomic E-state index is 13.5. The highest BCUT2D eigenvalue weighted by atomic mass is 35.5. The van der Waals surface area contributed by atoms with Gasteiger partial charge >= 0.3 is 0 Å². The Balaban J connectivity index is 1.14. The lowest BCUT2D eigenvalue weighted by Crippen LogP contribution is -2.50. The maximum atomic E-state index is 13.5. The van der Waals surface area contributed by atoms with Gasteiger partial charge in [-0.1, -0.05) is 11.6 Å². The molecule has 0 radical (unpaired) electrons. The standard InChI is InChI=1S/C29H31ClN2O6/c1-28(2)36-18-21(37-28)17-35-23-9-6-19(15-25(23)34-3)27(33)31-13-10-29(11-14-31)26-5-4-12-32(26)22-8-7-20(30)16-24(22)38-29/h4-9,12,15-16,21H,10-11,13-14,17-18H2,1-3H3/t21-/m1/s1. The number of likely N-dealkylation sites (tertiary alicyclic amines) is 1. The topological polar surface area (TPSA) is 71.4 Å². The quantitative estimate of drug-likeness (QED) is 0.445. The Hall–Kier alpha value is -3.20. The van der Waals surface area contributed by atoms with Crippen LogP contribution in [0.5, 0.6) is 17.2 Å². The molecule has 2 fully saturated rings. The summed E-state index contributed by atoms with van der Waals surface area (Å²) < 4.78 is 31.6. The summed E-state index contributed by atoms with van der Waals surface area (Å²) in [5.41, 5.74) is 2.12. The summed E-state index contributed by atoms with van der Waals surface area (Å²) in [6, 6.07) is 15.1. The van der Waals surface area contributed by atoms with Crippen molar-refractivity contribution in [1.29, 1.82) is 0 Å². The van der Waals surface area contributed by atoms with Crippen LogP contribution in [0.15, 0.2) is 54.7 Å². The Morgan fingerprint density at radius 3 is 2.66 bits per heavy atom. The zero-order valence-corrected chi connectivity index (χ0v) is 22.5. The second-order valence-electron chi connectivity index (χ2n) is 10.4. The normalized spacial score (nSPS) is 20.9. The number of ether oxygens (including phenoxy) is 5. The molecule has 3 aromatic rings. The fraction of sp³-hybridized carbons (Fsp3) is 0.414. The molecule has 2 saturated heterocycles. The first kappa shape index (κ1) is 25.1. The number of hydrogen-bond donors (Lipinski definition) is 0. The highest BCUT2D eigenvalue weighted by Gasteiger charge is 2.44. The van der Waals surface area contributed by atoms with Crippen molar-refractivity contribution in [3.8, 4) is 22.9 Å². The molecule has 1 aromatic heterocycles. The van der Waals surface area contributed by atoms with Crippen molar-refractivity contribution in [3.63, 3.8) is 0 Å². The molecule has 0 bridgehead atoms. The van der Waals surface area contributed by atoms with Crippen LogP contribution in [0, 0.1) is 0 Å². The number of aromatic nitrogens is 1. The number of amides is 1. The van der Waals surface area contributed by atoms with E-state index in [0.29, 0.717) is 61.2 Å². The van der Waals surface area contributed by atoms with Crippen LogP contribution in [0.3, 0.4) is 0 Å². The zero-order chi connectivity index (χ0) is 26.5. The van der Waals surface area contributed by atoms with Gasteiger partial charge in [-0.05, 0) is 56.3 Å². The smallest absolute Gasteiger partial charge is 0.253 e. The van der Waals surface area contributed by atoms with Crippen molar-refractivity contribution in [1.82, 2.24) is 9.47 Å². The van der Waals surface area contributed by atoms with Gasteiger partial charge in [0, 0.05) is 48.8 Å². The lowest BCUT2D eigenvalue weighted by atomic mass is 9.86. The minimum Gasteiger partial charge on any atom is -0.493 e. The maximum Gasteiger partial charge on any atom is 0.253 e. The number of hydrogen-bond acceptors (Lipinski definition) is 6. The Labute approximate surface area is 226 Å². The largest absolute Gasteiger partial charge is 0.493 e. The molecule has 6 rings (SSSR count). The van der Waals surface area contributed by atoms with Crippen LogP contribution < -0.4 is 14.2 Å². The predicted molar refractivity (Wildman–Crippen MR) is 142 cm³/mol. The van der Waals surface area contributed by atoms with Gasteiger partial charge in [-0.3, -0.25) is 4.79 Å². The number of nitrogens with zero attached hydrogens (tertiary/aromatic N) is 2. The Kier molecular flexibility index (Phi) is 6.29. The van der Waals surface area contributed by atoms with E-state index in [1.54, 1.807) is 25.3 Å². The molecular formula is C29H31ClN2O6. The van der Waals surface area contributed by atoms with Crippen LogP contribution in [0.1, 0.15) is 42.7 Å². The molecular weight excluding hydrogens is 508 g/mol. The SMILES string of the molecule is COc1cc(C(=O)N2CCC3(CC2)Oc2cc(Cl)ccc2-n2cccc23)ccc1OC[C@@H]1COC(C)(C)O1. The first-order valence-electron chi connectivity index (χ1n) is 12.9. The van der Waals surface area contributed by atoms with Gasteiger partial charge < -0.3 is 33.2 Å². The van der Waals surface area contributed by atoms with E-state index in [9.17, 15) is 4.79 Å². The number of methoxy groups -OCH3 is 1. The van der Waals surface area contributed by atoms with Crippen molar-refractivity contribution >= 4 is 17.5 Å². The molecule has 38 heavy (non-hydrogen) atoms. The van der Waals surface area contributed by atoms with Crippen molar-refractivity contribution in [2.75, 3.05) is 33.4 Å². The molecule has 0 aliphatic carbocycles. The third-order valence-corrected chi connectivity index (χ3v) is 7.70. The van der Waals surface area contributed by atoms with Crippen LogP contribution in [0.25, 0.3) is 5.69 Å². The second kappa shape index (κ2) is 9.52. The van der Waals surface area contributed by atoms with Crippen molar-refractivity contribution in [3.05, 3.63) is 71.0 Å². The third-order valence-electron chi connectivity index (χ3n) is 7.46. The molecule has 9 heteroatoms. The number of piperidine rings is 1. The van der Waals surface area contributed by atoms with E-state index in [4.69, 9.17) is 35.3 Å². The molecule has 4 heterocycles. The highest BCUT2D eigenvalue weighted by molar-refractivity contribution is 6.30. The zero-order valence-electron chi connectivity index (χ0n) is 21.7. The van der Waals surface area contributed by atoms with Gasteiger partial charge in [0.2, 0.25) is 0 Å². The van der Waals surface area contributed by atoms with Crippen LogP contribution in [-0.4, -0.2) is 60.7 Å². The summed E-state index contributed by atoms with van der Waals surface area (Å²) in [6.07, 6.45) is 3.23. The molecule has 0 unspecified atom stereocenters. The number of fused-ring (bicyclic) bond motifs is 4. The van der Waals surface area contributed by atoms with Crippen LogP contribution >= 0.6 is 11.6 Å². The summed E-state index contributed by atoms with van der Waals surface area (Å²) in [6.45, 7) is 5.68. The Morgan fingerprint density at radius 2 is 1.92 bits per heavy atom. The summed E-state index contributed by atoms with van der Waals surface area (Å²) in [4.78, 5) is 15.3. The lowest BCUT2D eigenvalue weighted by molar-refractivity contribution is -0.141.